The molecule has 0 unspecified atom stereocenters. The molecule has 1 aromatic rings. The van der Waals surface area contributed by atoms with Crippen LogP contribution in [0.25, 0.3) is 0 Å². The predicted octanol–water partition coefficient (Wildman–Crippen LogP) is 1.57. The Morgan fingerprint density at radius 3 is 2.71 bits per heavy atom. The number of hydrogen-bond acceptors (Lipinski definition) is 5. The van der Waals surface area contributed by atoms with Crippen molar-refractivity contribution in [2.45, 2.75) is 19.6 Å². The standard InChI is InChI=1S/C9H11NO3S/c1-6(11)8-10-7(5-14-8)9(2)12-3-4-13-9/h5H,3-4H2,1-2H3. The van der Waals surface area contributed by atoms with Gasteiger partial charge in [-0.25, -0.2) is 4.98 Å². The molecule has 2 heterocycles. The molecule has 2 rings (SSSR count). The van der Waals surface area contributed by atoms with Crippen LogP contribution in [-0.4, -0.2) is 24.0 Å². The van der Waals surface area contributed by atoms with Crippen LogP contribution in [0.2, 0.25) is 0 Å². The third-order valence-corrected chi connectivity index (χ3v) is 3.05. The normalized spacial score (nSPS) is 19.9. The third-order valence-electron chi connectivity index (χ3n) is 2.11. The van der Waals surface area contributed by atoms with Crippen LogP contribution < -0.4 is 0 Å². The quantitative estimate of drug-likeness (QED) is 0.699. The van der Waals surface area contributed by atoms with Gasteiger partial charge in [0.25, 0.3) is 0 Å². The minimum atomic E-state index is -0.760. The number of aromatic nitrogens is 1. The highest BCUT2D eigenvalue weighted by atomic mass is 32.1. The van der Waals surface area contributed by atoms with E-state index in [9.17, 15) is 4.79 Å². The SMILES string of the molecule is CC(=O)c1nc(C2(C)OCCO2)cs1. The maximum atomic E-state index is 11.0. The molecule has 0 atom stereocenters. The van der Waals surface area contributed by atoms with Gasteiger partial charge in [-0.2, -0.15) is 0 Å². The van der Waals surface area contributed by atoms with Gasteiger partial charge in [-0.05, 0) is 6.92 Å². The molecule has 4 nitrogen and oxygen atoms in total. The molecule has 5 heteroatoms. The number of carbonyl (C=O) groups excluding carboxylic acids is 1. The number of nitrogens with zero attached hydrogens (tertiary/aromatic N) is 1. The van der Waals surface area contributed by atoms with Crippen molar-refractivity contribution in [2.24, 2.45) is 0 Å². The summed E-state index contributed by atoms with van der Waals surface area (Å²) in [6, 6.07) is 0. The average Bonchev–Trinajstić information content (AvgIpc) is 2.71. The van der Waals surface area contributed by atoms with Crippen LogP contribution in [0.3, 0.4) is 0 Å². The average molecular weight is 213 g/mol. The van der Waals surface area contributed by atoms with E-state index in [4.69, 9.17) is 9.47 Å². The van der Waals surface area contributed by atoms with Crippen LogP contribution in [0.5, 0.6) is 0 Å². The second-order valence-corrected chi connectivity index (χ2v) is 4.09. The van der Waals surface area contributed by atoms with Gasteiger partial charge in [0.1, 0.15) is 5.69 Å². The molecule has 76 valence electrons. The summed E-state index contributed by atoms with van der Waals surface area (Å²) < 4.78 is 10.9. The number of ether oxygens (including phenoxy) is 2. The van der Waals surface area contributed by atoms with Gasteiger partial charge < -0.3 is 9.47 Å². The van der Waals surface area contributed by atoms with Crippen molar-refractivity contribution in [1.29, 1.82) is 0 Å². The molecule has 14 heavy (non-hydrogen) atoms. The molecule has 1 aliphatic rings. The largest absolute Gasteiger partial charge is 0.342 e. The van der Waals surface area contributed by atoms with Crippen molar-refractivity contribution in [3.63, 3.8) is 0 Å². The van der Waals surface area contributed by atoms with Gasteiger partial charge in [0.2, 0.25) is 5.79 Å². The van der Waals surface area contributed by atoms with E-state index in [1.165, 1.54) is 18.3 Å². The van der Waals surface area contributed by atoms with Gasteiger partial charge in [-0.1, -0.05) is 0 Å². The fraction of sp³-hybridized carbons (Fsp3) is 0.556. The first-order valence-corrected chi connectivity index (χ1v) is 5.25. The predicted molar refractivity (Wildman–Crippen MR) is 51.4 cm³/mol. The number of rotatable bonds is 2. The molecule has 0 spiro atoms. The second kappa shape index (κ2) is 3.42. The molecule has 1 aromatic heterocycles. The van der Waals surface area contributed by atoms with E-state index in [0.29, 0.717) is 23.9 Å². The Labute approximate surface area is 85.9 Å². The Kier molecular flexibility index (Phi) is 2.38. The zero-order chi connectivity index (χ0) is 10.2. The maximum absolute atomic E-state index is 11.0. The van der Waals surface area contributed by atoms with Crippen molar-refractivity contribution < 1.29 is 14.3 Å². The zero-order valence-corrected chi connectivity index (χ0v) is 8.89. The molecule has 0 amide bonds. The smallest absolute Gasteiger partial charge is 0.210 e. The highest BCUT2D eigenvalue weighted by molar-refractivity contribution is 7.11. The van der Waals surface area contributed by atoms with Crippen LogP contribution in [-0.2, 0) is 15.3 Å². The summed E-state index contributed by atoms with van der Waals surface area (Å²) in [4.78, 5) is 15.2. The number of ketones is 1. The summed E-state index contributed by atoms with van der Waals surface area (Å²) in [5.74, 6) is -0.785. The lowest BCUT2D eigenvalue weighted by Crippen LogP contribution is -2.22. The number of hydrogen-bond donors (Lipinski definition) is 0. The summed E-state index contributed by atoms with van der Waals surface area (Å²) >= 11 is 1.32. The highest BCUT2D eigenvalue weighted by Gasteiger charge is 2.35. The first-order chi connectivity index (χ1) is 6.62. The molecule has 1 fully saturated rings. The second-order valence-electron chi connectivity index (χ2n) is 3.24. The van der Waals surface area contributed by atoms with E-state index in [0.717, 1.165) is 0 Å². The lowest BCUT2D eigenvalue weighted by molar-refractivity contribution is -0.152. The lowest BCUT2D eigenvalue weighted by Gasteiger charge is -2.19. The van der Waals surface area contributed by atoms with Crippen LogP contribution in [0.1, 0.15) is 29.3 Å². The Hall–Kier alpha value is -0.780. The molecule has 0 bridgehead atoms. The van der Waals surface area contributed by atoms with Gasteiger partial charge in [-0.15, -0.1) is 11.3 Å². The fourth-order valence-electron chi connectivity index (χ4n) is 1.31. The lowest BCUT2D eigenvalue weighted by atomic mass is 10.2. The minimum absolute atomic E-state index is 0.0251. The van der Waals surface area contributed by atoms with Gasteiger partial charge >= 0.3 is 0 Å². The van der Waals surface area contributed by atoms with E-state index >= 15 is 0 Å². The van der Waals surface area contributed by atoms with Crippen LogP contribution >= 0.6 is 11.3 Å². The van der Waals surface area contributed by atoms with Crippen LogP contribution in [0.4, 0.5) is 0 Å². The van der Waals surface area contributed by atoms with Crippen LogP contribution in [0.15, 0.2) is 5.38 Å². The first-order valence-electron chi connectivity index (χ1n) is 4.37. The number of Topliss-reactive ketones (excluding diaryl/α,β-unsaturated/α-hetero) is 1. The van der Waals surface area contributed by atoms with E-state index in [-0.39, 0.29) is 5.78 Å². The molecule has 0 saturated carbocycles. The first kappa shape index (κ1) is 9.76. The number of carbonyl (C=O) groups is 1. The van der Waals surface area contributed by atoms with Gasteiger partial charge in [0.05, 0.1) is 13.2 Å². The van der Waals surface area contributed by atoms with Crippen LogP contribution in [0, 0.1) is 0 Å². The Balaban J connectivity index is 2.28. The van der Waals surface area contributed by atoms with E-state index in [1.54, 1.807) is 0 Å². The Bertz CT molecular complexity index is 355. The molecule has 0 N–H and O–H groups in total. The third kappa shape index (κ3) is 1.58. The molecule has 0 aromatic carbocycles. The molecule has 0 radical (unpaired) electrons. The summed E-state index contributed by atoms with van der Waals surface area (Å²) in [6.45, 7) is 4.47. The molecule has 0 aliphatic carbocycles. The fourth-order valence-corrected chi connectivity index (χ4v) is 2.11. The van der Waals surface area contributed by atoms with Crippen molar-refractivity contribution in [3.05, 3.63) is 16.1 Å². The van der Waals surface area contributed by atoms with Crippen molar-refractivity contribution in [2.75, 3.05) is 13.2 Å². The van der Waals surface area contributed by atoms with Gasteiger partial charge in [-0.3, -0.25) is 4.79 Å². The molecule has 1 saturated heterocycles. The van der Waals surface area contributed by atoms with Crippen molar-refractivity contribution in [3.8, 4) is 0 Å². The summed E-state index contributed by atoms with van der Waals surface area (Å²) in [6.07, 6.45) is 0. The van der Waals surface area contributed by atoms with Crippen molar-refractivity contribution >= 4 is 17.1 Å². The molecular formula is C9H11NO3S. The zero-order valence-electron chi connectivity index (χ0n) is 8.07. The monoisotopic (exact) mass is 213 g/mol. The highest BCUT2D eigenvalue weighted by Crippen LogP contribution is 2.31. The molecule has 1 aliphatic heterocycles. The molecular weight excluding hydrogens is 202 g/mol. The van der Waals surface area contributed by atoms with Gasteiger partial charge in [0.15, 0.2) is 10.8 Å². The summed E-state index contributed by atoms with van der Waals surface area (Å²) in [7, 11) is 0. The topological polar surface area (TPSA) is 48.4 Å². The van der Waals surface area contributed by atoms with E-state index < -0.39 is 5.79 Å². The summed E-state index contributed by atoms with van der Waals surface area (Å²) in [5.41, 5.74) is 0.685. The van der Waals surface area contributed by atoms with Crippen molar-refractivity contribution in [1.82, 2.24) is 4.98 Å². The Morgan fingerprint density at radius 1 is 1.57 bits per heavy atom. The van der Waals surface area contributed by atoms with E-state index in [1.807, 2.05) is 12.3 Å². The van der Waals surface area contributed by atoms with Gasteiger partial charge in [0, 0.05) is 12.3 Å². The minimum Gasteiger partial charge on any atom is -0.342 e. The van der Waals surface area contributed by atoms with E-state index in [2.05, 4.69) is 4.98 Å². The number of thiazole rings is 1. The Morgan fingerprint density at radius 2 is 2.21 bits per heavy atom. The maximum Gasteiger partial charge on any atom is 0.210 e. The summed E-state index contributed by atoms with van der Waals surface area (Å²) in [5, 5.41) is 2.31.